The molecule has 21 heavy (non-hydrogen) atoms. The molecule has 6 heteroatoms. The Kier molecular flexibility index (Phi) is 4.27. The number of rotatable bonds is 4. The minimum atomic E-state index is -1.07. The highest BCUT2D eigenvalue weighted by atomic mass is 16.4. The molecular weight excluding hydrogens is 272 g/mol. The van der Waals surface area contributed by atoms with Crippen LogP contribution in [-0.4, -0.2) is 29.1 Å². The van der Waals surface area contributed by atoms with E-state index in [4.69, 9.17) is 4.42 Å². The van der Waals surface area contributed by atoms with Crippen LogP contribution in [0.25, 0.3) is 0 Å². The Morgan fingerprint density at radius 3 is 2.71 bits per heavy atom. The Morgan fingerprint density at radius 1 is 1.33 bits per heavy atom. The van der Waals surface area contributed by atoms with E-state index in [2.05, 4.69) is 5.32 Å². The van der Waals surface area contributed by atoms with Crippen LogP contribution in [0.2, 0.25) is 0 Å². The minimum Gasteiger partial charge on any atom is -0.478 e. The number of carboxylic acid groups (broad SMARTS) is 1. The molecule has 2 amide bonds. The fourth-order valence-electron chi connectivity index (χ4n) is 1.99. The summed E-state index contributed by atoms with van der Waals surface area (Å²) in [5, 5.41) is 11.8. The van der Waals surface area contributed by atoms with Gasteiger partial charge in [0, 0.05) is 12.6 Å². The molecule has 0 atom stereocenters. The van der Waals surface area contributed by atoms with Crippen molar-refractivity contribution in [3.63, 3.8) is 0 Å². The van der Waals surface area contributed by atoms with Crippen LogP contribution in [-0.2, 0) is 6.54 Å². The lowest BCUT2D eigenvalue weighted by molar-refractivity contribution is 0.0697. The highest BCUT2D eigenvalue weighted by molar-refractivity contribution is 6.01. The first-order valence-electron chi connectivity index (χ1n) is 6.35. The molecule has 6 nitrogen and oxygen atoms in total. The predicted molar refractivity (Wildman–Crippen MR) is 77.3 cm³/mol. The van der Waals surface area contributed by atoms with Gasteiger partial charge in [0.25, 0.3) is 0 Å². The number of aromatic carboxylic acids is 1. The second-order valence-electron chi connectivity index (χ2n) is 4.72. The predicted octanol–water partition coefficient (Wildman–Crippen LogP) is 2.95. The molecule has 0 radical (unpaired) electrons. The lowest BCUT2D eigenvalue weighted by atomic mass is 10.1. The Hall–Kier alpha value is -2.76. The smallest absolute Gasteiger partial charge is 0.338 e. The van der Waals surface area contributed by atoms with Crippen LogP contribution in [0, 0.1) is 6.92 Å². The van der Waals surface area contributed by atoms with Gasteiger partial charge in [0.1, 0.15) is 0 Å². The molecule has 110 valence electrons. The van der Waals surface area contributed by atoms with Crippen LogP contribution in [0.4, 0.5) is 10.5 Å². The fourth-order valence-corrected chi connectivity index (χ4v) is 1.99. The number of hydrogen-bond donors (Lipinski definition) is 2. The zero-order chi connectivity index (χ0) is 15.4. The van der Waals surface area contributed by atoms with Crippen molar-refractivity contribution in [3.8, 4) is 0 Å². The minimum absolute atomic E-state index is 0.0996. The summed E-state index contributed by atoms with van der Waals surface area (Å²) in [6, 6.07) is 6.34. The van der Waals surface area contributed by atoms with Gasteiger partial charge in [-0.3, -0.25) is 0 Å². The molecule has 2 rings (SSSR count). The van der Waals surface area contributed by atoms with E-state index in [-0.39, 0.29) is 17.3 Å². The van der Waals surface area contributed by atoms with E-state index in [1.165, 1.54) is 11.2 Å². The average Bonchev–Trinajstić information content (AvgIpc) is 2.91. The summed E-state index contributed by atoms with van der Waals surface area (Å²) in [5.41, 5.74) is 1.84. The molecule has 1 heterocycles. The summed E-state index contributed by atoms with van der Waals surface area (Å²) in [7, 11) is 1.62. The lowest BCUT2D eigenvalue weighted by Crippen LogP contribution is -2.31. The van der Waals surface area contributed by atoms with E-state index in [1.807, 2.05) is 0 Å². The number of urea groups is 1. The number of hydrogen-bond acceptors (Lipinski definition) is 3. The van der Waals surface area contributed by atoms with Gasteiger partial charge in [-0.15, -0.1) is 0 Å². The van der Waals surface area contributed by atoms with Gasteiger partial charge in [-0.05, 0) is 24.6 Å². The first kappa shape index (κ1) is 14.6. The van der Waals surface area contributed by atoms with E-state index >= 15 is 0 Å². The zero-order valence-electron chi connectivity index (χ0n) is 11.8. The number of furan rings is 1. The molecular formula is C15H16N2O4. The van der Waals surface area contributed by atoms with Crippen LogP contribution in [0.3, 0.4) is 0 Å². The van der Waals surface area contributed by atoms with Crippen molar-refractivity contribution in [2.45, 2.75) is 13.5 Å². The number of carboxylic acids is 1. The van der Waals surface area contributed by atoms with Crippen LogP contribution in [0.1, 0.15) is 21.5 Å². The Balaban J connectivity index is 2.12. The molecule has 0 aliphatic heterocycles. The Bertz CT molecular complexity index is 650. The average molecular weight is 288 g/mol. The number of aryl methyl sites for hydroxylation is 1. The van der Waals surface area contributed by atoms with Crippen molar-refractivity contribution in [2.75, 3.05) is 12.4 Å². The lowest BCUT2D eigenvalue weighted by Gasteiger charge is -2.18. The van der Waals surface area contributed by atoms with E-state index in [0.29, 0.717) is 12.1 Å². The second-order valence-corrected chi connectivity index (χ2v) is 4.72. The highest BCUT2D eigenvalue weighted by Crippen LogP contribution is 2.20. The molecule has 0 saturated heterocycles. The molecule has 0 saturated carbocycles. The summed E-state index contributed by atoms with van der Waals surface area (Å²) < 4.78 is 4.94. The van der Waals surface area contributed by atoms with Gasteiger partial charge in [0.05, 0.1) is 30.3 Å². The molecule has 0 aliphatic rings. The number of nitrogens with zero attached hydrogens (tertiary/aromatic N) is 1. The topological polar surface area (TPSA) is 82.8 Å². The van der Waals surface area contributed by atoms with E-state index in [0.717, 1.165) is 5.56 Å². The molecule has 0 fully saturated rings. The molecule has 1 aromatic carbocycles. The third kappa shape index (κ3) is 3.42. The monoisotopic (exact) mass is 288 g/mol. The van der Waals surface area contributed by atoms with Crippen molar-refractivity contribution in [1.29, 1.82) is 0 Å². The van der Waals surface area contributed by atoms with Gasteiger partial charge >= 0.3 is 12.0 Å². The molecule has 0 spiro atoms. The van der Waals surface area contributed by atoms with Gasteiger partial charge in [0.15, 0.2) is 0 Å². The van der Waals surface area contributed by atoms with Gasteiger partial charge in [-0.1, -0.05) is 12.1 Å². The Morgan fingerprint density at radius 2 is 2.10 bits per heavy atom. The summed E-state index contributed by atoms with van der Waals surface area (Å²) in [5.74, 6) is -1.07. The number of nitrogens with one attached hydrogen (secondary N) is 1. The summed E-state index contributed by atoms with van der Waals surface area (Å²) >= 11 is 0. The van der Waals surface area contributed by atoms with Crippen molar-refractivity contribution >= 4 is 17.7 Å². The summed E-state index contributed by atoms with van der Waals surface area (Å²) in [4.78, 5) is 24.8. The van der Waals surface area contributed by atoms with Gasteiger partial charge in [-0.25, -0.2) is 9.59 Å². The van der Waals surface area contributed by atoms with Gasteiger partial charge in [-0.2, -0.15) is 0 Å². The number of carbonyl (C=O) groups is 2. The maximum Gasteiger partial charge on any atom is 0.338 e. The summed E-state index contributed by atoms with van der Waals surface area (Å²) in [6.07, 6.45) is 3.09. The number of amides is 2. The van der Waals surface area contributed by atoms with Crippen LogP contribution in [0.15, 0.2) is 41.2 Å². The molecule has 0 bridgehead atoms. The number of carbonyl (C=O) groups excluding carboxylic acids is 1. The first-order valence-corrected chi connectivity index (χ1v) is 6.35. The van der Waals surface area contributed by atoms with Crippen LogP contribution >= 0.6 is 0 Å². The van der Waals surface area contributed by atoms with E-state index < -0.39 is 5.97 Å². The maximum absolute atomic E-state index is 12.1. The normalized spacial score (nSPS) is 10.2. The standard InChI is InChI=1S/C15H16N2O4/c1-10-4-3-5-12(13(10)14(18)19)16-15(20)17(2)8-11-6-7-21-9-11/h3-7,9H,8H2,1-2H3,(H,16,20)(H,18,19). The quantitative estimate of drug-likeness (QED) is 0.906. The van der Waals surface area contributed by atoms with Gasteiger partial charge < -0.3 is 19.7 Å². The maximum atomic E-state index is 12.1. The third-order valence-electron chi connectivity index (χ3n) is 3.07. The second kappa shape index (κ2) is 6.13. The number of benzene rings is 1. The van der Waals surface area contributed by atoms with Crippen molar-refractivity contribution in [2.24, 2.45) is 0 Å². The SMILES string of the molecule is Cc1cccc(NC(=O)N(C)Cc2ccoc2)c1C(=O)O. The highest BCUT2D eigenvalue weighted by Gasteiger charge is 2.17. The molecule has 1 aromatic heterocycles. The van der Waals surface area contributed by atoms with Crippen molar-refractivity contribution in [1.82, 2.24) is 4.90 Å². The van der Waals surface area contributed by atoms with Crippen LogP contribution in [0.5, 0.6) is 0 Å². The van der Waals surface area contributed by atoms with Gasteiger partial charge in [0.2, 0.25) is 0 Å². The molecule has 0 unspecified atom stereocenters. The summed E-state index contributed by atoms with van der Waals surface area (Å²) in [6.45, 7) is 2.06. The third-order valence-corrected chi connectivity index (χ3v) is 3.07. The fraction of sp³-hybridized carbons (Fsp3) is 0.200. The van der Waals surface area contributed by atoms with E-state index in [9.17, 15) is 14.7 Å². The Labute approximate surface area is 122 Å². The molecule has 0 aliphatic carbocycles. The van der Waals surface area contributed by atoms with Crippen molar-refractivity contribution in [3.05, 3.63) is 53.5 Å². The molecule has 2 aromatic rings. The first-order chi connectivity index (χ1) is 9.99. The van der Waals surface area contributed by atoms with E-state index in [1.54, 1.807) is 44.5 Å². The molecule has 2 N–H and O–H groups in total. The van der Waals surface area contributed by atoms with Crippen molar-refractivity contribution < 1.29 is 19.1 Å². The van der Waals surface area contributed by atoms with Crippen LogP contribution < -0.4 is 5.32 Å². The number of anilines is 1. The zero-order valence-corrected chi connectivity index (χ0v) is 11.8. The largest absolute Gasteiger partial charge is 0.478 e.